The molecule has 3 heteroatoms. The number of hydrogen-bond donors (Lipinski definition) is 1. The number of nitrogens with two attached hydrogens (primary N) is 1. The Morgan fingerprint density at radius 1 is 1.10 bits per heavy atom. The van der Waals surface area contributed by atoms with Crippen LogP contribution in [-0.4, -0.2) is 13.0 Å². The average Bonchev–Trinajstić information content (AvgIpc) is 2.46. The first-order chi connectivity index (χ1) is 9.49. The van der Waals surface area contributed by atoms with Crippen molar-refractivity contribution in [1.82, 2.24) is 0 Å². The summed E-state index contributed by atoms with van der Waals surface area (Å²) < 4.78 is 0. The van der Waals surface area contributed by atoms with Crippen molar-refractivity contribution < 1.29 is 4.79 Å². The van der Waals surface area contributed by atoms with E-state index in [0.29, 0.717) is 17.2 Å². The molecule has 3 nitrogen and oxygen atoms in total. The van der Waals surface area contributed by atoms with Crippen LogP contribution in [0.1, 0.15) is 35.7 Å². The summed E-state index contributed by atoms with van der Waals surface area (Å²) in [5, 5.41) is 0. The number of hydrogen-bond acceptors (Lipinski definition) is 2. The Kier molecular flexibility index (Phi) is 4.08. The van der Waals surface area contributed by atoms with Crippen molar-refractivity contribution in [1.29, 1.82) is 0 Å². The van der Waals surface area contributed by atoms with E-state index in [4.69, 9.17) is 5.73 Å². The third kappa shape index (κ3) is 2.99. The zero-order valence-electron chi connectivity index (χ0n) is 12.1. The van der Waals surface area contributed by atoms with Gasteiger partial charge in [0.1, 0.15) is 0 Å². The second-order valence-corrected chi connectivity index (χ2v) is 5.24. The van der Waals surface area contributed by atoms with E-state index in [1.165, 1.54) is 5.56 Å². The molecule has 0 spiro atoms. The first-order valence-corrected chi connectivity index (χ1v) is 6.72. The van der Waals surface area contributed by atoms with Gasteiger partial charge in [0, 0.05) is 24.0 Å². The number of benzene rings is 2. The number of amides is 1. The summed E-state index contributed by atoms with van der Waals surface area (Å²) in [6.07, 6.45) is 0. The van der Waals surface area contributed by atoms with Gasteiger partial charge in [0.2, 0.25) is 0 Å². The first kappa shape index (κ1) is 14.1. The van der Waals surface area contributed by atoms with E-state index >= 15 is 0 Å². The number of carbonyl (C=O) groups is 1. The van der Waals surface area contributed by atoms with Gasteiger partial charge in [-0.1, -0.05) is 32.0 Å². The van der Waals surface area contributed by atoms with Crippen molar-refractivity contribution in [3.63, 3.8) is 0 Å². The standard InChI is InChI=1S/C17H20N2O/c1-12(2)13-7-9-16(10-8-13)19(3)17(20)14-5-4-6-15(18)11-14/h4-12H,18H2,1-3H3. The fourth-order valence-electron chi connectivity index (χ4n) is 2.07. The Bertz CT molecular complexity index is 603. The Balaban J connectivity index is 2.22. The van der Waals surface area contributed by atoms with Crippen molar-refractivity contribution in [2.24, 2.45) is 0 Å². The van der Waals surface area contributed by atoms with Crippen LogP contribution in [0.3, 0.4) is 0 Å². The Morgan fingerprint density at radius 3 is 2.30 bits per heavy atom. The summed E-state index contributed by atoms with van der Waals surface area (Å²) in [4.78, 5) is 14.0. The van der Waals surface area contributed by atoms with E-state index < -0.39 is 0 Å². The molecule has 104 valence electrons. The highest BCUT2D eigenvalue weighted by Gasteiger charge is 2.13. The SMILES string of the molecule is CC(C)c1ccc(N(C)C(=O)c2cccc(N)c2)cc1. The summed E-state index contributed by atoms with van der Waals surface area (Å²) in [6.45, 7) is 4.30. The molecule has 0 fully saturated rings. The molecule has 0 bridgehead atoms. The van der Waals surface area contributed by atoms with Crippen molar-refractivity contribution in [2.75, 3.05) is 17.7 Å². The van der Waals surface area contributed by atoms with Crippen LogP contribution in [0.2, 0.25) is 0 Å². The lowest BCUT2D eigenvalue weighted by Gasteiger charge is -2.18. The molecule has 0 aromatic heterocycles. The van der Waals surface area contributed by atoms with E-state index in [1.54, 1.807) is 36.2 Å². The van der Waals surface area contributed by atoms with Crippen LogP contribution < -0.4 is 10.6 Å². The predicted molar refractivity (Wildman–Crippen MR) is 84.1 cm³/mol. The van der Waals surface area contributed by atoms with Gasteiger partial charge in [-0.25, -0.2) is 0 Å². The summed E-state index contributed by atoms with van der Waals surface area (Å²) in [5.41, 5.74) is 9.05. The van der Waals surface area contributed by atoms with Crippen molar-refractivity contribution in [3.05, 3.63) is 59.7 Å². The largest absolute Gasteiger partial charge is 0.399 e. The molecule has 0 aliphatic rings. The molecule has 0 radical (unpaired) electrons. The van der Waals surface area contributed by atoms with Crippen LogP contribution in [0, 0.1) is 0 Å². The van der Waals surface area contributed by atoms with E-state index in [0.717, 1.165) is 5.69 Å². The van der Waals surface area contributed by atoms with Gasteiger partial charge in [-0.2, -0.15) is 0 Å². The second-order valence-electron chi connectivity index (χ2n) is 5.24. The smallest absolute Gasteiger partial charge is 0.258 e. The van der Waals surface area contributed by atoms with Gasteiger partial charge in [-0.05, 0) is 41.8 Å². The lowest BCUT2D eigenvalue weighted by Crippen LogP contribution is -2.26. The molecule has 0 saturated carbocycles. The first-order valence-electron chi connectivity index (χ1n) is 6.72. The quantitative estimate of drug-likeness (QED) is 0.863. The lowest BCUT2D eigenvalue weighted by atomic mass is 10.0. The summed E-state index contributed by atoms with van der Waals surface area (Å²) in [6, 6.07) is 15.1. The van der Waals surface area contributed by atoms with Gasteiger partial charge in [-0.15, -0.1) is 0 Å². The Labute approximate surface area is 120 Å². The zero-order valence-corrected chi connectivity index (χ0v) is 12.1. The normalized spacial score (nSPS) is 10.6. The fourth-order valence-corrected chi connectivity index (χ4v) is 2.07. The van der Waals surface area contributed by atoms with Gasteiger partial charge in [0.05, 0.1) is 0 Å². The number of anilines is 2. The van der Waals surface area contributed by atoms with Crippen LogP contribution >= 0.6 is 0 Å². The minimum atomic E-state index is -0.0606. The molecule has 0 aliphatic heterocycles. The monoisotopic (exact) mass is 268 g/mol. The predicted octanol–water partition coefficient (Wildman–Crippen LogP) is 3.67. The van der Waals surface area contributed by atoms with E-state index in [1.807, 2.05) is 12.1 Å². The molecule has 2 aromatic rings. The molecule has 20 heavy (non-hydrogen) atoms. The maximum absolute atomic E-state index is 12.4. The Morgan fingerprint density at radius 2 is 1.75 bits per heavy atom. The molecule has 0 atom stereocenters. The summed E-state index contributed by atoms with van der Waals surface area (Å²) in [7, 11) is 1.77. The molecule has 1 amide bonds. The molecule has 0 heterocycles. The minimum absolute atomic E-state index is 0.0606. The lowest BCUT2D eigenvalue weighted by molar-refractivity contribution is 0.0993. The maximum Gasteiger partial charge on any atom is 0.258 e. The van der Waals surface area contributed by atoms with Gasteiger partial charge in [0.25, 0.3) is 5.91 Å². The van der Waals surface area contributed by atoms with Crippen molar-refractivity contribution in [3.8, 4) is 0 Å². The third-order valence-corrected chi connectivity index (χ3v) is 3.39. The average molecular weight is 268 g/mol. The molecule has 0 unspecified atom stereocenters. The van der Waals surface area contributed by atoms with Crippen LogP contribution in [0.15, 0.2) is 48.5 Å². The number of nitrogen functional groups attached to an aromatic ring is 1. The van der Waals surface area contributed by atoms with Crippen molar-refractivity contribution in [2.45, 2.75) is 19.8 Å². The van der Waals surface area contributed by atoms with Crippen molar-refractivity contribution >= 4 is 17.3 Å². The van der Waals surface area contributed by atoms with Gasteiger partial charge in [-0.3, -0.25) is 4.79 Å². The minimum Gasteiger partial charge on any atom is -0.399 e. The topological polar surface area (TPSA) is 46.3 Å². The highest BCUT2D eigenvalue weighted by Crippen LogP contribution is 2.21. The Hall–Kier alpha value is -2.29. The number of rotatable bonds is 3. The van der Waals surface area contributed by atoms with Crippen LogP contribution in [0.4, 0.5) is 11.4 Å². The van der Waals surface area contributed by atoms with Crippen LogP contribution in [0.5, 0.6) is 0 Å². The third-order valence-electron chi connectivity index (χ3n) is 3.39. The number of nitrogens with zero attached hydrogens (tertiary/aromatic N) is 1. The zero-order chi connectivity index (χ0) is 14.7. The maximum atomic E-state index is 12.4. The summed E-state index contributed by atoms with van der Waals surface area (Å²) >= 11 is 0. The molecule has 0 saturated heterocycles. The highest BCUT2D eigenvalue weighted by atomic mass is 16.2. The molecule has 2 rings (SSSR count). The molecule has 0 aliphatic carbocycles. The number of carbonyl (C=O) groups excluding carboxylic acids is 1. The highest BCUT2D eigenvalue weighted by molar-refractivity contribution is 6.06. The summed E-state index contributed by atoms with van der Waals surface area (Å²) in [5.74, 6) is 0.425. The van der Waals surface area contributed by atoms with Gasteiger partial charge in [0.15, 0.2) is 0 Å². The van der Waals surface area contributed by atoms with E-state index in [2.05, 4.69) is 26.0 Å². The molecule has 2 aromatic carbocycles. The fraction of sp³-hybridized carbons (Fsp3) is 0.235. The van der Waals surface area contributed by atoms with Gasteiger partial charge < -0.3 is 10.6 Å². The van der Waals surface area contributed by atoms with E-state index in [-0.39, 0.29) is 5.91 Å². The molecular formula is C17H20N2O. The van der Waals surface area contributed by atoms with E-state index in [9.17, 15) is 4.79 Å². The van der Waals surface area contributed by atoms with Crippen LogP contribution in [-0.2, 0) is 0 Å². The molecule has 2 N–H and O–H groups in total. The second kappa shape index (κ2) is 5.78. The van der Waals surface area contributed by atoms with Crippen LogP contribution in [0.25, 0.3) is 0 Å². The molecular weight excluding hydrogens is 248 g/mol. The van der Waals surface area contributed by atoms with Gasteiger partial charge >= 0.3 is 0 Å².